The van der Waals surface area contributed by atoms with Gasteiger partial charge in [0.2, 0.25) is 0 Å². The van der Waals surface area contributed by atoms with Gasteiger partial charge < -0.3 is 14.6 Å². The van der Waals surface area contributed by atoms with Gasteiger partial charge in [0, 0.05) is 16.4 Å². The molecule has 1 heterocycles. The van der Waals surface area contributed by atoms with E-state index in [0.717, 1.165) is 5.56 Å². The maximum atomic E-state index is 11.9. The van der Waals surface area contributed by atoms with Gasteiger partial charge >= 0.3 is 5.97 Å². The van der Waals surface area contributed by atoms with Crippen LogP contribution in [0, 0.1) is 0 Å². The van der Waals surface area contributed by atoms with E-state index in [-0.39, 0.29) is 31.4 Å². The molecule has 0 saturated carbocycles. The predicted molar refractivity (Wildman–Crippen MR) is 83.0 cm³/mol. The Balaban J connectivity index is 2.19. The lowest BCUT2D eigenvalue weighted by molar-refractivity contribution is -0.245. The summed E-state index contributed by atoms with van der Waals surface area (Å²) >= 11 is 0. The number of carbonyl (C=O) groups excluding carboxylic acids is 1. The Labute approximate surface area is 133 Å². The third-order valence-electron chi connectivity index (χ3n) is 4.02. The number of phenols is 1. The number of hydrogen-bond acceptors (Lipinski definition) is 6. The molecule has 2 aromatic rings. The van der Waals surface area contributed by atoms with Gasteiger partial charge in [-0.15, -0.1) is 0 Å². The molecule has 0 atom stereocenters. The maximum Gasteiger partial charge on any atom is 0.312 e. The molecule has 0 amide bonds. The minimum Gasteiger partial charge on any atom is -0.507 e. The summed E-state index contributed by atoms with van der Waals surface area (Å²) in [5, 5.41) is 19.9. The van der Waals surface area contributed by atoms with Gasteiger partial charge in [-0.05, 0) is 12.1 Å². The Morgan fingerprint density at radius 3 is 2.83 bits per heavy atom. The summed E-state index contributed by atoms with van der Waals surface area (Å²) in [4.78, 5) is 15.9. The van der Waals surface area contributed by atoms with E-state index in [9.17, 15) is 9.90 Å². The molecule has 0 radical (unpaired) electrons. The summed E-state index contributed by atoms with van der Waals surface area (Å²) in [6.45, 7) is 4.01. The number of carbonyl (C=O) groups is 1. The molecule has 0 spiro atoms. The first kappa shape index (κ1) is 15.6. The van der Waals surface area contributed by atoms with Crippen molar-refractivity contribution in [2.75, 3.05) is 13.2 Å². The van der Waals surface area contributed by atoms with Crippen LogP contribution < -0.4 is 9.47 Å². The Bertz CT molecular complexity index is 765. The molecule has 23 heavy (non-hydrogen) atoms. The number of rotatable bonds is 4. The smallest absolute Gasteiger partial charge is 0.312 e. The average molecular weight is 318 g/mol. The van der Waals surface area contributed by atoms with Gasteiger partial charge in [-0.2, -0.15) is 0 Å². The predicted octanol–water partition coefficient (Wildman–Crippen LogP) is 3.00. The highest BCUT2D eigenvalue weighted by Crippen LogP contribution is 2.48. The summed E-state index contributed by atoms with van der Waals surface area (Å²) in [5.41, 5.74) is 0.371. The van der Waals surface area contributed by atoms with Crippen molar-refractivity contribution in [1.82, 2.24) is 0 Å². The second kappa shape index (κ2) is 5.72. The number of benzene rings is 2. The van der Waals surface area contributed by atoms with Gasteiger partial charge in [-0.1, -0.05) is 26.0 Å². The van der Waals surface area contributed by atoms with Crippen molar-refractivity contribution in [3.05, 3.63) is 29.8 Å². The fourth-order valence-electron chi connectivity index (χ4n) is 2.93. The molecule has 2 aromatic carbocycles. The largest absolute Gasteiger partial charge is 0.507 e. The molecule has 0 saturated heterocycles. The van der Waals surface area contributed by atoms with E-state index in [2.05, 4.69) is 4.89 Å². The normalized spacial score (nSPS) is 16.0. The zero-order chi connectivity index (χ0) is 16.6. The second-order valence-electron chi connectivity index (χ2n) is 6.17. The number of phenolic OH excluding ortho intramolecular Hbond substituents is 1. The number of fused-ring (bicyclic) bond motifs is 3. The molecule has 1 aliphatic heterocycles. The van der Waals surface area contributed by atoms with Crippen LogP contribution in [0.15, 0.2) is 24.3 Å². The Morgan fingerprint density at radius 1 is 1.30 bits per heavy atom. The molecule has 1 aliphatic rings. The summed E-state index contributed by atoms with van der Waals surface area (Å²) in [5.74, 6) is 0.655. The number of ether oxygens (including phenoxy) is 2. The Morgan fingerprint density at radius 2 is 2.09 bits per heavy atom. The van der Waals surface area contributed by atoms with Crippen LogP contribution in [0.5, 0.6) is 17.2 Å². The van der Waals surface area contributed by atoms with Crippen LogP contribution in [0.3, 0.4) is 0 Å². The SMILES string of the molecule is CC1(C)CC(=O)Oc2c1cc(O)c1c(OCCOO)cccc21. The van der Waals surface area contributed by atoms with E-state index >= 15 is 0 Å². The van der Waals surface area contributed by atoms with E-state index in [1.54, 1.807) is 24.3 Å². The molecule has 6 nitrogen and oxygen atoms in total. The molecule has 3 rings (SSSR count). The lowest BCUT2D eigenvalue weighted by Crippen LogP contribution is -2.30. The first-order valence-electron chi connectivity index (χ1n) is 7.33. The lowest BCUT2D eigenvalue weighted by atomic mass is 9.78. The van der Waals surface area contributed by atoms with Gasteiger partial charge in [0.1, 0.15) is 30.5 Å². The quantitative estimate of drug-likeness (QED) is 0.296. The topological polar surface area (TPSA) is 85.2 Å². The Hall–Kier alpha value is -2.31. The fraction of sp³-hybridized carbons (Fsp3) is 0.353. The van der Waals surface area contributed by atoms with E-state index in [0.29, 0.717) is 22.3 Å². The zero-order valence-electron chi connectivity index (χ0n) is 13.0. The van der Waals surface area contributed by atoms with Crippen LogP contribution in [-0.2, 0) is 15.1 Å². The molecule has 0 aliphatic carbocycles. The molecule has 2 N–H and O–H groups in total. The second-order valence-corrected chi connectivity index (χ2v) is 6.17. The molecular formula is C17H18O6. The Kier molecular flexibility index (Phi) is 3.87. The van der Waals surface area contributed by atoms with Crippen LogP contribution in [0.25, 0.3) is 10.8 Å². The van der Waals surface area contributed by atoms with E-state index in [4.69, 9.17) is 14.7 Å². The zero-order valence-corrected chi connectivity index (χ0v) is 13.0. The van der Waals surface area contributed by atoms with Gasteiger partial charge in [0.25, 0.3) is 0 Å². The number of esters is 1. The van der Waals surface area contributed by atoms with Crippen LogP contribution in [0.1, 0.15) is 25.8 Å². The highest BCUT2D eigenvalue weighted by molar-refractivity contribution is 6.01. The molecule has 0 aromatic heterocycles. The number of hydrogen-bond donors (Lipinski definition) is 2. The van der Waals surface area contributed by atoms with Crippen LogP contribution in [0.4, 0.5) is 0 Å². The van der Waals surface area contributed by atoms with Crippen LogP contribution in [0.2, 0.25) is 0 Å². The van der Waals surface area contributed by atoms with E-state index < -0.39 is 5.41 Å². The van der Waals surface area contributed by atoms with Crippen molar-refractivity contribution < 1.29 is 29.5 Å². The minimum absolute atomic E-state index is 0.00407. The molecule has 0 fully saturated rings. The van der Waals surface area contributed by atoms with Crippen molar-refractivity contribution in [1.29, 1.82) is 0 Å². The minimum atomic E-state index is -0.419. The first-order chi connectivity index (χ1) is 10.9. The van der Waals surface area contributed by atoms with Crippen molar-refractivity contribution in [3.63, 3.8) is 0 Å². The van der Waals surface area contributed by atoms with Gasteiger partial charge in [0.05, 0.1) is 11.8 Å². The highest BCUT2D eigenvalue weighted by atomic mass is 17.1. The van der Waals surface area contributed by atoms with Crippen LogP contribution in [-0.4, -0.2) is 29.5 Å². The van der Waals surface area contributed by atoms with Gasteiger partial charge in [-0.25, -0.2) is 4.89 Å². The van der Waals surface area contributed by atoms with E-state index in [1.807, 2.05) is 13.8 Å². The van der Waals surface area contributed by atoms with Crippen molar-refractivity contribution >= 4 is 16.7 Å². The summed E-state index contributed by atoms with van der Waals surface area (Å²) in [6.07, 6.45) is 0.259. The molecule has 0 bridgehead atoms. The van der Waals surface area contributed by atoms with E-state index in [1.165, 1.54) is 0 Å². The summed E-state index contributed by atoms with van der Waals surface area (Å²) in [7, 11) is 0. The van der Waals surface area contributed by atoms with Crippen molar-refractivity contribution in [3.8, 4) is 17.2 Å². The van der Waals surface area contributed by atoms with Crippen molar-refractivity contribution in [2.24, 2.45) is 0 Å². The third-order valence-corrected chi connectivity index (χ3v) is 4.02. The third kappa shape index (κ3) is 2.71. The highest BCUT2D eigenvalue weighted by Gasteiger charge is 2.36. The summed E-state index contributed by atoms with van der Waals surface area (Å²) in [6, 6.07) is 6.85. The standard InChI is InChI=1S/C17H18O6/c1-17(2)9-14(19)23-16-10-4-3-5-13(21-6-7-22-20)15(10)12(18)8-11(16)17/h3-5,8,18,20H,6-7,9H2,1-2H3. The van der Waals surface area contributed by atoms with Gasteiger partial charge in [-0.3, -0.25) is 10.1 Å². The summed E-state index contributed by atoms with van der Waals surface area (Å²) < 4.78 is 11.0. The number of aromatic hydroxyl groups is 1. The monoisotopic (exact) mass is 318 g/mol. The molecule has 6 heteroatoms. The molecule has 122 valence electrons. The fourth-order valence-corrected chi connectivity index (χ4v) is 2.93. The molecular weight excluding hydrogens is 300 g/mol. The van der Waals surface area contributed by atoms with Crippen molar-refractivity contribution in [2.45, 2.75) is 25.7 Å². The maximum absolute atomic E-state index is 11.9. The average Bonchev–Trinajstić information content (AvgIpc) is 2.48. The lowest BCUT2D eigenvalue weighted by Gasteiger charge is -2.32. The van der Waals surface area contributed by atoms with Gasteiger partial charge in [0.15, 0.2) is 0 Å². The first-order valence-corrected chi connectivity index (χ1v) is 7.33. The van der Waals surface area contributed by atoms with Crippen LogP contribution >= 0.6 is 0 Å². The molecule has 0 unspecified atom stereocenters.